The average Bonchev–Trinajstić information content (AvgIpc) is 2.41. The Hall–Kier alpha value is -0.903. The molecule has 0 bridgehead atoms. The Bertz CT molecular complexity index is 450. The summed E-state index contributed by atoms with van der Waals surface area (Å²) in [5.41, 5.74) is -0.0911. The Morgan fingerprint density at radius 3 is 2.48 bits per heavy atom. The van der Waals surface area contributed by atoms with Gasteiger partial charge in [-0.15, -0.1) is 0 Å². The normalized spacial score (nSPS) is 31.3. The van der Waals surface area contributed by atoms with E-state index in [2.05, 4.69) is 51.3 Å². The predicted octanol–water partition coefficient (Wildman–Crippen LogP) is 3.53. The van der Waals surface area contributed by atoms with Gasteiger partial charge < -0.3 is 10.1 Å². The van der Waals surface area contributed by atoms with Crippen molar-refractivity contribution >= 4 is 20.3 Å². The van der Waals surface area contributed by atoms with Crippen molar-refractivity contribution in [2.75, 3.05) is 0 Å². The molecule has 1 aliphatic heterocycles. The summed E-state index contributed by atoms with van der Waals surface area (Å²) in [6, 6.07) is 0.165. The molecule has 1 N–H and O–H groups in total. The SMILES string of the molecule is CC(C)(C)[Si](C)(C)[C@@H](C=O)[C@@H]1C(=O)N[C@@H]1[C@@H]1C=CCCC1. The number of amides is 1. The van der Waals surface area contributed by atoms with Crippen LogP contribution in [0.1, 0.15) is 40.0 Å². The number of hydrogen-bond acceptors (Lipinski definition) is 2. The number of nitrogens with one attached hydrogen (secondary N) is 1. The number of hydrogen-bond donors (Lipinski definition) is 1. The monoisotopic (exact) mass is 307 g/mol. The molecule has 1 fully saturated rings. The van der Waals surface area contributed by atoms with Crippen molar-refractivity contribution in [3.05, 3.63) is 12.2 Å². The van der Waals surface area contributed by atoms with Gasteiger partial charge in [-0.1, -0.05) is 46.0 Å². The van der Waals surface area contributed by atoms with E-state index in [-0.39, 0.29) is 28.4 Å². The Morgan fingerprint density at radius 2 is 2.05 bits per heavy atom. The van der Waals surface area contributed by atoms with Gasteiger partial charge in [0.1, 0.15) is 6.29 Å². The van der Waals surface area contributed by atoms with Crippen LogP contribution in [0.4, 0.5) is 0 Å². The van der Waals surface area contributed by atoms with Gasteiger partial charge in [0.15, 0.2) is 0 Å². The fourth-order valence-electron chi connectivity index (χ4n) is 3.52. The lowest BCUT2D eigenvalue weighted by Crippen LogP contribution is -2.66. The van der Waals surface area contributed by atoms with Crippen LogP contribution in [0.25, 0.3) is 0 Å². The van der Waals surface area contributed by atoms with Gasteiger partial charge in [-0.2, -0.15) is 0 Å². The van der Waals surface area contributed by atoms with Gasteiger partial charge in [0, 0.05) is 11.6 Å². The van der Waals surface area contributed by atoms with Crippen molar-refractivity contribution in [1.29, 1.82) is 0 Å². The van der Waals surface area contributed by atoms with Crippen LogP contribution in [0.15, 0.2) is 12.2 Å². The number of carbonyl (C=O) groups excluding carboxylic acids is 2. The van der Waals surface area contributed by atoms with Crippen molar-refractivity contribution in [1.82, 2.24) is 5.32 Å². The van der Waals surface area contributed by atoms with E-state index >= 15 is 0 Å². The summed E-state index contributed by atoms with van der Waals surface area (Å²) in [7, 11) is -1.87. The molecule has 0 spiro atoms. The second-order valence-electron chi connectivity index (χ2n) is 8.22. The zero-order chi connectivity index (χ0) is 15.8. The molecule has 1 heterocycles. The number of carbonyl (C=O) groups is 2. The van der Waals surface area contributed by atoms with E-state index in [1.807, 2.05) is 0 Å². The highest BCUT2D eigenvalue weighted by Gasteiger charge is 2.55. The summed E-state index contributed by atoms with van der Waals surface area (Å²) in [4.78, 5) is 24.0. The first-order chi connectivity index (χ1) is 9.70. The summed E-state index contributed by atoms with van der Waals surface area (Å²) in [5.74, 6) is 0.380. The summed E-state index contributed by atoms with van der Waals surface area (Å²) in [5, 5.41) is 3.19. The minimum Gasteiger partial charge on any atom is -0.352 e. The Kier molecular flexibility index (Phi) is 4.48. The van der Waals surface area contributed by atoms with Crippen molar-refractivity contribution in [2.24, 2.45) is 11.8 Å². The number of β-lactam (4-membered cyclic amide) rings is 1. The van der Waals surface area contributed by atoms with E-state index in [0.29, 0.717) is 5.92 Å². The molecule has 0 aromatic rings. The van der Waals surface area contributed by atoms with Gasteiger partial charge in [-0.25, -0.2) is 0 Å². The Morgan fingerprint density at radius 1 is 1.38 bits per heavy atom. The van der Waals surface area contributed by atoms with Crippen LogP contribution >= 0.6 is 0 Å². The molecule has 2 aliphatic rings. The lowest BCUT2D eigenvalue weighted by Gasteiger charge is -2.51. The van der Waals surface area contributed by atoms with Gasteiger partial charge in [-0.3, -0.25) is 4.79 Å². The molecule has 21 heavy (non-hydrogen) atoms. The molecule has 1 amide bonds. The molecule has 0 aromatic heterocycles. The second-order valence-corrected chi connectivity index (χ2v) is 13.8. The molecule has 0 radical (unpaired) electrons. The van der Waals surface area contributed by atoms with E-state index < -0.39 is 8.07 Å². The minimum atomic E-state index is -1.87. The van der Waals surface area contributed by atoms with Crippen molar-refractivity contribution < 1.29 is 9.59 Å². The van der Waals surface area contributed by atoms with Crippen LogP contribution in [0.5, 0.6) is 0 Å². The number of rotatable bonds is 4. The molecule has 4 atom stereocenters. The highest BCUT2D eigenvalue weighted by atomic mass is 28.3. The van der Waals surface area contributed by atoms with Crippen molar-refractivity contribution in [3.8, 4) is 0 Å². The largest absolute Gasteiger partial charge is 0.352 e. The highest BCUT2D eigenvalue weighted by Crippen LogP contribution is 2.49. The zero-order valence-corrected chi connectivity index (χ0v) is 15.0. The summed E-state index contributed by atoms with van der Waals surface area (Å²) < 4.78 is 0. The van der Waals surface area contributed by atoms with Crippen molar-refractivity contribution in [2.45, 2.75) is 69.7 Å². The molecule has 4 heteroatoms. The van der Waals surface area contributed by atoms with Gasteiger partial charge in [0.2, 0.25) is 5.91 Å². The fraction of sp³-hybridized carbons (Fsp3) is 0.765. The highest BCUT2D eigenvalue weighted by molar-refractivity contribution is 6.84. The van der Waals surface area contributed by atoms with E-state index in [1.165, 1.54) is 6.42 Å². The standard InChI is InChI=1S/C17H29NO2Si/c1-17(2,3)21(4,5)13(11-19)14-15(18-16(14)20)12-9-7-6-8-10-12/h7,9,11-15H,6,8,10H2,1-5H3,(H,18,20)/t12-,13+,14+,15-/m1/s1. The summed E-state index contributed by atoms with van der Waals surface area (Å²) in [6.45, 7) is 11.1. The average molecular weight is 308 g/mol. The van der Waals surface area contributed by atoms with Gasteiger partial charge in [-0.05, 0) is 30.2 Å². The van der Waals surface area contributed by atoms with E-state index in [4.69, 9.17) is 0 Å². The third-order valence-corrected chi connectivity index (χ3v) is 12.1. The molecule has 118 valence electrons. The lowest BCUT2D eigenvalue weighted by atomic mass is 9.75. The van der Waals surface area contributed by atoms with Crippen LogP contribution < -0.4 is 5.32 Å². The minimum absolute atomic E-state index is 0.0842. The van der Waals surface area contributed by atoms with Crippen LogP contribution in [0, 0.1) is 11.8 Å². The fourth-order valence-corrected chi connectivity index (χ4v) is 6.12. The molecule has 0 aromatic carbocycles. The predicted molar refractivity (Wildman–Crippen MR) is 88.9 cm³/mol. The maximum atomic E-state index is 12.2. The van der Waals surface area contributed by atoms with Gasteiger partial charge in [0.25, 0.3) is 0 Å². The maximum Gasteiger partial charge on any atom is 0.225 e. The van der Waals surface area contributed by atoms with Crippen LogP contribution in [0.3, 0.4) is 0 Å². The van der Waals surface area contributed by atoms with Crippen LogP contribution in [0.2, 0.25) is 23.7 Å². The second kappa shape index (κ2) is 5.71. The number of aldehydes is 1. The third kappa shape index (κ3) is 2.87. The van der Waals surface area contributed by atoms with Crippen LogP contribution in [-0.2, 0) is 9.59 Å². The van der Waals surface area contributed by atoms with E-state index in [9.17, 15) is 9.59 Å². The molecule has 1 aliphatic carbocycles. The quantitative estimate of drug-likeness (QED) is 0.374. The Balaban J connectivity index is 2.24. The molecular weight excluding hydrogens is 278 g/mol. The van der Waals surface area contributed by atoms with Crippen LogP contribution in [-0.4, -0.2) is 26.3 Å². The molecule has 1 saturated heterocycles. The summed E-state index contributed by atoms with van der Waals surface area (Å²) >= 11 is 0. The Labute approximate surface area is 129 Å². The first-order valence-electron chi connectivity index (χ1n) is 8.12. The molecule has 0 unspecified atom stereocenters. The smallest absolute Gasteiger partial charge is 0.225 e. The first-order valence-corrected chi connectivity index (χ1v) is 11.2. The third-order valence-electron chi connectivity index (χ3n) is 6.05. The topological polar surface area (TPSA) is 46.2 Å². The lowest BCUT2D eigenvalue weighted by molar-refractivity contribution is -0.138. The maximum absolute atomic E-state index is 12.2. The van der Waals surface area contributed by atoms with Gasteiger partial charge >= 0.3 is 0 Å². The van der Waals surface area contributed by atoms with Crippen molar-refractivity contribution in [3.63, 3.8) is 0 Å². The van der Waals surface area contributed by atoms with E-state index in [1.54, 1.807) is 0 Å². The molecule has 0 saturated carbocycles. The molecule has 3 nitrogen and oxygen atoms in total. The molecule has 2 rings (SSSR count). The zero-order valence-electron chi connectivity index (χ0n) is 14.0. The molecular formula is C17H29NO2Si. The van der Waals surface area contributed by atoms with Gasteiger partial charge in [0.05, 0.1) is 14.0 Å². The first kappa shape index (κ1) is 16.5. The van der Waals surface area contributed by atoms with E-state index in [0.717, 1.165) is 19.1 Å². The number of allylic oxidation sites excluding steroid dienone is 1. The summed E-state index contributed by atoms with van der Waals surface area (Å²) in [6.07, 6.45) is 9.00.